The number of carbonyl (C=O) groups is 1. The van der Waals surface area contributed by atoms with Crippen molar-refractivity contribution < 1.29 is 14.3 Å². The molecule has 2 aromatic carbocycles. The lowest BCUT2D eigenvalue weighted by Crippen LogP contribution is -2.30. The highest BCUT2D eigenvalue weighted by atomic mass is 16.5. The Morgan fingerprint density at radius 1 is 1.00 bits per heavy atom. The van der Waals surface area contributed by atoms with Crippen LogP contribution in [-0.4, -0.2) is 25.1 Å². The van der Waals surface area contributed by atoms with E-state index < -0.39 is 0 Å². The van der Waals surface area contributed by atoms with Gasteiger partial charge in [0.1, 0.15) is 0 Å². The lowest BCUT2D eigenvalue weighted by Gasteiger charge is -2.22. The molecular weight excluding hydrogens is 352 g/mol. The minimum absolute atomic E-state index is 0.198. The normalized spacial score (nSPS) is 11.6. The molecule has 144 valence electrons. The third-order valence-electron chi connectivity index (χ3n) is 4.68. The third-order valence-corrected chi connectivity index (χ3v) is 4.68. The van der Waals surface area contributed by atoms with Crippen molar-refractivity contribution in [1.82, 2.24) is 10.3 Å². The molecule has 1 amide bonds. The largest absolute Gasteiger partial charge is 0.493 e. The molecule has 3 aromatic rings. The van der Waals surface area contributed by atoms with Crippen LogP contribution < -0.4 is 14.8 Å². The van der Waals surface area contributed by atoms with Gasteiger partial charge >= 0.3 is 0 Å². The summed E-state index contributed by atoms with van der Waals surface area (Å²) in [4.78, 5) is 17.3. The number of nitrogens with zero attached hydrogens (tertiary/aromatic N) is 1. The van der Waals surface area contributed by atoms with Crippen molar-refractivity contribution in [3.63, 3.8) is 0 Å². The number of hydrogen-bond acceptors (Lipinski definition) is 4. The van der Waals surface area contributed by atoms with Gasteiger partial charge in [0.2, 0.25) is 0 Å². The first-order chi connectivity index (χ1) is 13.5. The number of methoxy groups -OCH3 is 2. The molecule has 0 fully saturated rings. The van der Waals surface area contributed by atoms with Crippen LogP contribution in [0.15, 0.2) is 60.9 Å². The number of carbonyl (C=O) groups excluding carboxylic acids is 1. The number of ether oxygens (including phenoxy) is 2. The molecular formula is C23H24N2O3. The van der Waals surface area contributed by atoms with Crippen LogP contribution in [0.3, 0.4) is 0 Å². The molecule has 1 N–H and O–H groups in total. The zero-order valence-electron chi connectivity index (χ0n) is 16.5. The van der Waals surface area contributed by atoms with Crippen LogP contribution in [0.25, 0.3) is 0 Å². The van der Waals surface area contributed by atoms with Crippen molar-refractivity contribution >= 4 is 5.91 Å². The summed E-state index contributed by atoms with van der Waals surface area (Å²) >= 11 is 0. The molecule has 0 unspecified atom stereocenters. The van der Waals surface area contributed by atoms with Crippen LogP contribution >= 0.6 is 0 Å². The van der Waals surface area contributed by atoms with E-state index in [4.69, 9.17) is 9.47 Å². The summed E-state index contributed by atoms with van der Waals surface area (Å²) in [6.07, 6.45) is 3.50. The van der Waals surface area contributed by atoms with Crippen molar-refractivity contribution in [2.24, 2.45) is 0 Å². The van der Waals surface area contributed by atoms with Crippen LogP contribution in [0.4, 0.5) is 0 Å². The Kier molecular flexibility index (Phi) is 5.94. The van der Waals surface area contributed by atoms with Gasteiger partial charge in [0.15, 0.2) is 11.5 Å². The molecule has 0 spiro atoms. The van der Waals surface area contributed by atoms with E-state index in [-0.39, 0.29) is 11.9 Å². The Labute approximate surface area is 165 Å². The van der Waals surface area contributed by atoms with Gasteiger partial charge in [0, 0.05) is 18.0 Å². The van der Waals surface area contributed by atoms with Gasteiger partial charge < -0.3 is 14.8 Å². The van der Waals surface area contributed by atoms with Crippen LogP contribution in [-0.2, 0) is 0 Å². The summed E-state index contributed by atoms with van der Waals surface area (Å²) in [6.45, 7) is 4.08. The highest BCUT2D eigenvalue weighted by Gasteiger charge is 2.21. The first kappa shape index (κ1) is 19.4. The van der Waals surface area contributed by atoms with Gasteiger partial charge in [-0.15, -0.1) is 0 Å². The second kappa shape index (κ2) is 8.57. The molecule has 3 rings (SSSR count). The van der Waals surface area contributed by atoms with Crippen molar-refractivity contribution in [3.05, 3.63) is 88.7 Å². The Morgan fingerprint density at radius 3 is 2.46 bits per heavy atom. The molecule has 28 heavy (non-hydrogen) atoms. The third kappa shape index (κ3) is 4.14. The van der Waals surface area contributed by atoms with Gasteiger partial charge in [-0.1, -0.05) is 29.8 Å². The number of amides is 1. The van der Waals surface area contributed by atoms with Crippen molar-refractivity contribution in [3.8, 4) is 11.5 Å². The standard InChI is InChI=1S/C23H24N2O3/c1-15-7-8-16(2)19(12-15)22(18-6-5-11-24-14-18)25-23(26)17-9-10-20(27-3)21(13-17)28-4/h5-14,22H,1-4H3,(H,25,26)/t22-/m1/s1. The van der Waals surface area contributed by atoms with Crippen LogP contribution in [0.1, 0.15) is 38.7 Å². The molecule has 0 aliphatic carbocycles. The lowest BCUT2D eigenvalue weighted by atomic mass is 9.94. The monoisotopic (exact) mass is 376 g/mol. The van der Waals surface area contributed by atoms with E-state index >= 15 is 0 Å². The second-order valence-electron chi connectivity index (χ2n) is 6.62. The van der Waals surface area contributed by atoms with E-state index in [9.17, 15) is 4.79 Å². The topological polar surface area (TPSA) is 60.5 Å². The molecule has 0 aliphatic heterocycles. The Morgan fingerprint density at radius 2 is 1.79 bits per heavy atom. The van der Waals surface area contributed by atoms with E-state index in [1.54, 1.807) is 44.8 Å². The summed E-state index contributed by atoms with van der Waals surface area (Å²) < 4.78 is 10.6. The molecule has 0 aliphatic rings. The minimum Gasteiger partial charge on any atom is -0.493 e. The number of pyridine rings is 1. The van der Waals surface area contributed by atoms with Crippen LogP contribution in [0.5, 0.6) is 11.5 Å². The Bertz CT molecular complexity index is 971. The smallest absolute Gasteiger partial charge is 0.252 e. The predicted molar refractivity (Wildman–Crippen MR) is 109 cm³/mol. The van der Waals surface area contributed by atoms with Crippen molar-refractivity contribution in [1.29, 1.82) is 0 Å². The second-order valence-corrected chi connectivity index (χ2v) is 6.62. The Hall–Kier alpha value is -3.34. The fourth-order valence-corrected chi connectivity index (χ4v) is 3.15. The molecule has 0 radical (unpaired) electrons. The summed E-state index contributed by atoms with van der Waals surface area (Å²) in [5.41, 5.74) is 4.70. The first-order valence-corrected chi connectivity index (χ1v) is 9.03. The number of aryl methyl sites for hydroxylation is 2. The summed E-state index contributed by atoms with van der Waals surface area (Å²) in [5, 5.41) is 3.15. The van der Waals surface area contributed by atoms with E-state index in [0.29, 0.717) is 17.1 Å². The summed E-state index contributed by atoms with van der Waals surface area (Å²) in [6, 6.07) is 14.9. The van der Waals surface area contributed by atoms with Gasteiger partial charge in [-0.3, -0.25) is 9.78 Å². The highest BCUT2D eigenvalue weighted by Crippen LogP contribution is 2.29. The zero-order valence-corrected chi connectivity index (χ0v) is 16.5. The number of aromatic nitrogens is 1. The van der Waals surface area contributed by atoms with Crippen molar-refractivity contribution in [2.45, 2.75) is 19.9 Å². The Balaban J connectivity index is 1.98. The molecule has 1 heterocycles. The van der Waals surface area contributed by atoms with Gasteiger partial charge in [0.05, 0.1) is 20.3 Å². The van der Waals surface area contributed by atoms with E-state index in [0.717, 1.165) is 22.3 Å². The lowest BCUT2D eigenvalue weighted by molar-refractivity contribution is 0.0942. The molecule has 5 nitrogen and oxygen atoms in total. The fraction of sp³-hybridized carbons (Fsp3) is 0.217. The minimum atomic E-state index is -0.311. The zero-order chi connectivity index (χ0) is 20.1. The van der Waals surface area contributed by atoms with Gasteiger partial charge in [-0.2, -0.15) is 0 Å². The van der Waals surface area contributed by atoms with Crippen LogP contribution in [0, 0.1) is 13.8 Å². The SMILES string of the molecule is COc1ccc(C(=O)N[C@H](c2cccnc2)c2cc(C)ccc2C)cc1OC. The molecule has 0 bridgehead atoms. The molecule has 0 saturated heterocycles. The highest BCUT2D eigenvalue weighted by molar-refractivity contribution is 5.95. The van der Waals surface area contributed by atoms with E-state index in [1.807, 2.05) is 26.0 Å². The molecule has 0 saturated carbocycles. The number of nitrogens with one attached hydrogen (secondary N) is 1. The van der Waals surface area contributed by atoms with Crippen molar-refractivity contribution in [2.75, 3.05) is 14.2 Å². The molecule has 1 aromatic heterocycles. The number of benzene rings is 2. The van der Waals surface area contributed by atoms with Gasteiger partial charge in [-0.05, 0) is 54.8 Å². The maximum atomic E-state index is 13.0. The average Bonchev–Trinajstić information content (AvgIpc) is 2.73. The maximum absolute atomic E-state index is 13.0. The van der Waals surface area contributed by atoms with Gasteiger partial charge in [0.25, 0.3) is 5.91 Å². The van der Waals surface area contributed by atoms with Crippen LogP contribution in [0.2, 0.25) is 0 Å². The fourth-order valence-electron chi connectivity index (χ4n) is 3.15. The average molecular weight is 376 g/mol. The number of rotatable bonds is 6. The summed E-state index contributed by atoms with van der Waals surface area (Å²) in [5.74, 6) is 0.896. The number of hydrogen-bond donors (Lipinski definition) is 1. The quantitative estimate of drug-likeness (QED) is 0.699. The predicted octanol–water partition coefficient (Wildman–Crippen LogP) is 4.24. The summed E-state index contributed by atoms with van der Waals surface area (Å²) in [7, 11) is 3.12. The molecule has 5 heteroatoms. The van der Waals surface area contributed by atoms with E-state index in [2.05, 4.69) is 28.5 Å². The van der Waals surface area contributed by atoms with E-state index in [1.165, 1.54) is 0 Å². The van der Waals surface area contributed by atoms with Gasteiger partial charge in [-0.25, -0.2) is 0 Å². The molecule has 1 atom stereocenters. The first-order valence-electron chi connectivity index (χ1n) is 9.03. The maximum Gasteiger partial charge on any atom is 0.252 e.